The van der Waals surface area contributed by atoms with Crippen molar-refractivity contribution in [3.8, 4) is 11.5 Å². The number of benzene rings is 2. The number of ether oxygens (including phenoxy) is 2. The third-order valence-corrected chi connectivity index (χ3v) is 4.46. The molecule has 0 aliphatic carbocycles. The standard InChI is InChI=1S/C17H17ClFNO3S/c1-22-15-8-14(16(23-2)7-13(15)18)20-17(21)10-24-9-11-3-5-12(19)6-4-11/h3-8H,9-10H2,1-2H3,(H,20,21). The molecular weight excluding hydrogens is 353 g/mol. The molecule has 7 heteroatoms. The number of nitrogens with one attached hydrogen (secondary N) is 1. The van der Waals surface area contributed by atoms with Crippen molar-refractivity contribution in [1.82, 2.24) is 0 Å². The Morgan fingerprint density at radius 3 is 2.46 bits per heavy atom. The fourth-order valence-corrected chi connectivity index (χ4v) is 3.01. The van der Waals surface area contributed by atoms with Gasteiger partial charge in [0.2, 0.25) is 5.91 Å². The Kier molecular flexibility index (Phi) is 6.75. The largest absolute Gasteiger partial charge is 0.495 e. The Morgan fingerprint density at radius 2 is 1.83 bits per heavy atom. The molecule has 0 aliphatic rings. The van der Waals surface area contributed by atoms with Gasteiger partial charge in [0.25, 0.3) is 0 Å². The molecule has 0 unspecified atom stereocenters. The van der Waals surface area contributed by atoms with Crippen LogP contribution in [0.3, 0.4) is 0 Å². The second-order valence-electron chi connectivity index (χ2n) is 4.85. The minimum atomic E-state index is -0.273. The van der Waals surface area contributed by atoms with Crippen LogP contribution in [-0.4, -0.2) is 25.9 Å². The molecule has 0 bridgehead atoms. The van der Waals surface area contributed by atoms with Gasteiger partial charge in [-0.25, -0.2) is 4.39 Å². The van der Waals surface area contributed by atoms with Gasteiger partial charge in [-0.1, -0.05) is 23.7 Å². The topological polar surface area (TPSA) is 47.6 Å². The van der Waals surface area contributed by atoms with Gasteiger partial charge in [0.05, 0.1) is 30.7 Å². The number of hydrogen-bond acceptors (Lipinski definition) is 4. The number of rotatable bonds is 7. The van der Waals surface area contributed by atoms with E-state index >= 15 is 0 Å². The fraction of sp³-hybridized carbons (Fsp3) is 0.235. The maximum Gasteiger partial charge on any atom is 0.234 e. The first-order chi connectivity index (χ1) is 11.5. The molecule has 0 radical (unpaired) electrons. The van der Waals surface area contributed by atoms with Crippen molar-refractivity contribution in [2.24, 2.45) is 0 Å². The number of hydrogen-bond donors (Lipinski definition) is 1. The van der Waals surface area contributed by atoms with E-state index < -0.39 is 0 Å². The Bertz CT molecular complexity index is 710. The molecule has 1 amide bonds. The first kappa shape index (κ1) is 18.4. The third kappa shape index (κ3) is 5.04. The Balaban J connectivity index is 1.93. The zero-order valence-corrected chi connectivity index (χ0v) is 14.8. The molecule has 0 atom stereocenters. The normalized spacial score (nSPS) is 10.3. The summed E-state index contributed by atoms with van der Waals surface area (Å²) in [4.78, 5) is 12.1. The fourth-order valence-electron chi connectivity index (χ4n) is 1.99. The van der Waals surface area contributed by atoms with Crippen LogP contribution in [0.4, 0.5) is 10.1 Å². The molecule has 1 N–H and O–H groups in total. The summed E-state index contributed by atoms with van der Waals surface area (Å²) in [7, 11) is 2.99. The molecule has 0 aliphatic heterocycles. The molecule has 0 saturated carbocycles. The number of amides is 1. The van der Waals surface area contributed by atoms with E-state index in [0.29, 0.717) is 28.0 Å². The Morgan fingerprint density at radius 1 is 1.17 bits per heavy atom. The van der Waals surface area contributed by atoms with Gasteiger partial charge in [-0.2, -0.15) is 0 Å². The van der Waals surface area contributed by atoms with E-state index in [4.69, 9.17) is 21.1 Å². The number of carbonyl (C=O) groups excluding carboxylic acids is 1. The minimum absolute atomic E-state index is 0.176. The maximum atomic E-state index is 12.8. The molecule has 2 aromatic rings. The number of thioether (sulfide) groups is 1. The van der Waals surface area contributed by atoms with Crippen molar-refractivity contribution in [3.05, 3.63) is 52.8 Å². The van der Waals surface area contributed by atoms with Crippen LogP contribution >= 0.6 is 23.4 Å². The van der Waals surface area contributed by atoms with E-state index in [9.17, 15) is 9.18 Å². The van der Waals surface area contributed by atoms with Gasteiger partial charge < -0.3 is 14.8 Å². The van der Waals surface area contributed by atoms with Crippen LogP contribution in [0.15, 0.2) is 36.4 Å². The summed E-state index contributed by atoms with van der Waals surface area (Å²) in [6, 6.07) is 9.41. The van der Waals surface area contributed by atoms with Crippen LogP contribution in [0.5, 0.6) is 11.5 Å². The molecule has 128 valence electrons. The highest BCUT2D eigenvalue weighted by atomic mass is 35.5. The molecule has 0 aromatic heterocycles. The second-order valence-corrected chi connectivity index (χ2v) is 6.25. The number of anilines is 1. The number of methoxy groups -OCH3 is 2. The monoisotopic (exact) mass is 369 g/mol. The van der Waals surface area contributed by atoms with E-state index in [1.165, 1.54) is 38.1 Å². The van der Waals surface area contributed by atoms with Crippen LogP contribution in [0.2, 0.25) is 5.02 Å². The van der Waals surface area contributed by atoms with E-state index in [1.807, 2.05) is 0 Å². The Labute approximate surface area is 149 Å². The zero-order chi connectivity index (χ0) is 17.5. The van der Waals surface area contributed by atoms with Crippen molar-refractivity contribution in [1.29, 1.82) is 0 Å². The van der Waals surface area contributed by atoms with Crippen molar-refractivity contribution in [3.63, 3.8) is 0 Å². The number of halogens is 2. The second kappa shape index (κ2) is 8.80. The highest BCUT2D eigenvalue weighted by molar-refractivity contribution is 7.99. The van der Waals surface area contributed by atoms with Gasteiger partial charge in [-0.05, 0) is 17.7 Å². The molecular formula is C17H17ClFNO3S. The molecule has 4 nitrogen and oxygen atoms in total. The van der Waals surface area contributed by atoms with Crippen LogP contribution in [0.1, 0.15) is 5.56 Å². The lowest BCUT2D eigenvalue weighted by Crippen LogP contribution is -2.15. The smallest absolute Gasteiger partial charge is 0.234 e. The quantitative estimate of drug-likeness (QED) is 0.787. The van der Waals surface area contributed by atoms with E-state index in [0.717, 1.165) is 5.56 Å². The number of carbonyl (C=O) groups is 1. The first-order valence-corrected chi connectivity index (χ1v) is 8.60. The lowest BCUT2D eigenvalue weighted by molar-refractivity contribution is -0.113. The van der Waals surface area contributed by atoms with Crippen LogP contribution < -0.4 is 14.8 Å². The van der Waals surface area contributed by atoms with Gasteiger partial charge in [-0.3, -0.25) is 4.79 Å². The van der Waals surface area contributed by atoms with Gasteiger partial charge in [-0.15, -0.1) is 11.8 Å². The van der Waals surface area contributed by atoms with Gasteiger partial charge >= 0.3 is 0 Å². The average molecular weight is 370 g/mol. The van der Waals surface area contributed by atoms with Crippen LogP contribution in [-0.2, 0) is 10.5 Å². The molecule has 0 saturated heterocycles. The average Bonchev–Trinajstić information content (AvgIpc) is 2.57. The minimum Gasteiger partial charge on any atom is -0.495 e. The summed E-state index contributed by atoms with van der Waals surface area (Å²) in [5, 5.41) is 3.18. The summed E-state index contributed by atoms with van der Waals surface area (Å²) >= 11 is 7.46. The first-order valence-electron chi connectivity index (χ1n) is 7.07. The van der Waals surface area contributed by atoms with Crippen LogP contribution in [0.25, 0.3) is 0 Å². The third-order valence-electron chi connectivity index (χ3n) is 3.16. The summed E-state index contributed by atoms with van der Waals surface area (Å²) in [6.07, 6.45) is 0. The van der Waals surface area contributed by atoms with Crippen molar-refractivity contribution in [2.45, 2.75) is 5.75 Å². The maximum absolute atomic E-state index is 12.8. The van der Waals surface area contributed by atoms with E-state index in [2.05, 4.69) is 5.32 Å². The lowest BCUT2D eigenvalue weighted by Gasteiger charge is -2.13. The molecule has 2 aromatic carbocycles. The molecule has 0 spiro atoms. The van der Waals surface area contributed by atoms with Gasteiger partial charge in [0.1, 0.15) is 17.3 Å². The molecule has 2 rings (SSSR count). The highest BCUT2D eigenvalue weighted by Crippen LogP contribution is 2.35. The molecule has 24 heavy (non-hydrogen) atoms. The summed E-state index contributed by atoms with van der Waals surface area (Å²) < 4.78 is 23.2. The van der Waals surface area contributed by atoms with Crippen LogP contribution in [0, 0.1) is 5.82 Å². The lowest BCUT2D eigenvalue weighted by atomic mass is 10.2. The van der Waals surface area contributed by atoms with E-state index in [1.54, 1.807) is 24.3 Å². The van der Waals surface area contributed by atoms with Gasteiger partial charge in [0.15, 0.2) is 0 Å². The Hall–Kier alpha value is -1.92. The van der Waals surface area contributed by atoms with Crippen molar-refractivity contribution in [2.75, 3.05) is 25.3 Å². The summed E-state index contributed by atoms with van der Waals surface area (Å²) in [6.45, 7) is 0. The SMILES string of the molecule is COc1cc(NC(=O)CSCc2ccc(F)cc2)c(OC)cc1Cl. The summed E-state index contributed by atoms with van der Waals surface area (Å²) in [5.41, 5.74) is 1.45. The molecule has 0 fully saturated rings. The summed E-state index contributed by atoms with van der Waals surface area (Å²) in [5.74, 6) is 1.33. The molecule has 0 heterocycles. The predicted octanol–water partition coefficient (Wildman–Crippen LogP) is 4.37. The van der Waals surface area contributed by atoms with Crippen molar-refractivity contribution < 1.29 is 18.7 Å². The van der Waals surface area contributed by atoms with Gasteiger partial charge in [0, 0.05) is 17.9 Å². The van der Waals surface area contributed by atoms with Crippen molar-refractivity contribution >= 4 is 35.0 Å². The zero-order valence-electron chi connectivity index (χ0n) is 13.3. The predicted molar refractivity (Wildman–Crippen MR) is 95.7 cm³/mol. The highest BCUT2D eigenvalue weighted by Gasteiger charge is 2.12. The van der Waals surface area contributed by atoms with E-state index in [-0.39, 0.29) is 17.5 Å².